The Labute approximate surface area is 203 Å². The first-order valence-corrected chi connectivity index (χ1v) is 12.6. The number of likely N-dealkylation sites (N-methyl/N-ethyl adjacent to an activating group) is 1. The van der Waals surface area contributed by atoms with Crippen LogP contribution in [0, 0.1) is 0 Å². The minimum absolute atomic E-state index is 0.122. The average molecular weight is 460 g/mol. The molecule has 2 aliphatic rings. The maximum atomic E-state index is 9.58. The number of hydrogen-bond acceptors (Lipinski definition) is 5. The molecule has 0 spiro atoms. The molecule has 3 heterocycles. The summed E-state index contributed by atoms with van der Waals surface area (Å²) in [5.41, 5.74) is 8.03. The second-order valence-electron chi connectivity index (χ2n) is 9.86. The second-order valence-corrected chi connectivity index (χ2v) is 9.86. The van der Waals surface area contributed by atoms with Gasteiger partial charge in [0.2, 0.25) is 0 Å². The number of hydrogen-bond donors (Lipinski definition) is 2. The summed E-state index contributed by atoms with van der Waals surface area (Å²) in [7, 11) is 2.26. The molecule has 0 radical (unpaired) electrons. The van der Waals surface area contributed by atoms with Gasteiger partial charge in [-0.05, 0) is 37.1 Å². The first-order valence-electron chi connectivity index (χ1n) is 12.6. The van der Waals surface area contributed by atoms with Crippen LogP contribution in [0.2, 0.25) is 0 Å². The van der Waals surface area contributed by atoms with Gasteiger partial charge in [0.15, 0.2) is 0 Å². The molecule has 0 aliphatic carbocycles. The molecular weight excluding hydrogens is 422 g/mol. The molecule has 2 aliphatic heterocycles. The van der Waals surface area contributed by atoms with E-state index >= 15 is 0 Å². The third kappa shape index (κ3) is 4.96. The summed E-state index contributed by atoms with van der Waals surface area (Å²) in [5, 5.41) is 18.2. The fraction of sp³-hybridized carbons (Fsp3) is 0.464. The van der Waals surface area contributed by atoms with Crippen molar-refractivity contribution in [3.63, 3.8) is 0 Å². The molecule has 34 heavy (non-hydrogen) atoms. The van der Waals surface area contributed by atoms with E-state index in [1.807, 2.05) is 4.68 Å². The van der Waals surface area contributed by atoms with Crippen LogP contribution < -0.4 is 5.32 Å². The summed E-state index contributed by atoms with van der Waals surface area (Å²) in [6.45, 7) is 7.71. The zero-order valence-electron chi connectivity index (χ0n) is 20.5. The summed E-state index contributed by atoms with van der Waals surface area (Å²) in [6, 6.07) is 20.2. The van der Waals surface area contributed by atoms with Crippen molar-refractivity contribution in [3.05, 3.63) is 88.2 Å². The van der Waals surface area contributed by atoms with E-state index in [0.29, 0.717) is 12.6 Å². The van der Waals surface area contributed by atoms with Gasteiger partial charge in [0.1, 0.15) is 0 Å². The summed E-state index contributed by atoms with van der Waals surface area (Å²) in [5.74, 6) is 0. The van der Waals surface area contributed by atoms with Crippen LogP contribution in [-0.4, -0.2) is 57.5 Å². The van der Waals surface area contributed by atoms with Crippen molar-refractivity contribution in [3.8, 4) is 0 Å². The number of aromatic nitrogens is 2. The van der Waals surface area contributed by atoms with Crippen molar-refractivity contribution in [2.45, 2.75) is 58.0 Å². The number of aliphatic hydroxyl groups is 1. The van der Waals surface area contributed by atoms with E-state index < -0.39 is 0 Å². The maximum Gasteiger partial charge on any atom is 0.0810 e. The molecule has 180 valence electrons. The first-order chi connectivity index (χ1) is 16.6. The van der Waals surface area contributed by atoms with E-state index in [2.05, 4.69) is 83.7 Å². The van der Waals surface area contributed by atoms with Gasteiger partial charge in [0, 0.05) is 62.5 Å². The van der Waals surface area contributed by atoms with E-state index in [1.54, 1.807) is 0 Å². The molecule has 5 rings (SSSR count). The lowest BCUT2D eigenvalue weighted by atomic mass is 9.93. The number of fused-ring (bicyclic) bond motifs is 2. The van der Waals surface area contributed by atoms with Crippen molar-refractivity contribution >= 4 is 0 Å². The van der Waals surface area contributed by atoms with Crippen molar-refractivity contribution < 1.29 is 5.11 Å². The first kappa shape index (κ1) is 23.2. The normalized spacial score (nSPS) is 19.6. The average Bonchev–Trinajstić information content (AvgIpc) is 3.20. The van der Waals surface area contributed by atoms with Crippen LogP contribution in [-0.2, 0) is 39.0 Å². The molecular formula is C28H37N5O. The topological polar surface area (TPSA) is 56.6 Å². The molecule has 2 aromatic carbocycles. The number of nitrogens with zero attached hydrogens (tertiary/aromatic N) is 4. The molecule has 0 amide bonds. The fourth-order valence-electron chi connectivity index (χ4n) is 5.53. The quantitative estimate of drug-likeness (QED) is 0.542. The molecule has 2 N–H and O–H groups in total. The van der Waals surface area contributed by atoms with Crippen LogP contribution in [0.25, 0.3) is 0 Å². The highest BCUT2D eigenvalue weighted by atomic mass is 16.3. The molecule has 2 atom stereocenters. The Morgan fingerprint density at radius 2 is 1.82 bits per heavy atom. The van der Waals surface area contributed by atoms with Gasteiger partial charge in [-0.25, -0.2) is 0 Å². The molecule has 6 nitrogen and oxygen atoms in total. The Hall–Kier alpha value is -2.51. The van der Waals surface area contributed by atoms with Crippen molar-refractivity contribution in [2.75, 3.05) is 26.7 Å². The smallest absolute Gasteiger partial charge is 0.0810 e. The van der Waals surface area contributed by atoms with Gasteiger partial charge in [0.05, 0.1) is 18.8 Å². The number of benzene rings is 2. The van der Waals surface area contributed by atoms with E-state index in [0.717, 1.165) is 51.3 Å². The Kier molecular flexibility index (Phi) is 7.11. The van der Waals surface area contributed by atoms with Crippen LogP contribution in [0.5, 0.6) is 0 Å². The Morgan fingerprint density at radius 3 is 2.62 bits per heavy atom. The lowest BCUT2D eigenvalue weighted by molar-refractivity contribution is 0.136. The molecule has 2 unspecified atom stereocenters. The highest BCUT2D eigenvalue weighted by Gasteiger charge is 2.29. The minimum Gasteiger partial charge on any atom is -0.394 e. The number of nitrogens with one attached hydrogen (secondary N) is 1. The van der Waals surface area contributed by atoms with Crippen molar-refractivity contribution in [1.82, 2.24) is 24.9 Å². The zero-order chi connectivity index (χ0) is 23.5. The van der Waals surface area contributed by atoms with Gasteiger partial charge in [-0.15, -0.1) is 0 Å². The van der Waals surface area contributed by atoms with Crippen LogP contribution in [0.1, 0.15) is 46.6 Å². The summed E-state index contributed by atoms with van der Waals surface area (Å²) >= 11 is 0. The van der Waals surface area contributed by atoms with E-state index in [1.165, 1.54) is 27.9 Å². The van der Waals surface area contributed by atoms with Crippen LogP contribution >= 0.6 is 0 Å². The fourth-order valence-corrected chi connectivity index (χ4v) is 5.53. The van der Waals surface area contributed by atoms with Gasteiger partial charge in [-0.2, -0.15) is 5.10 Å². The van der Waals surface area contributed by atoms with Gasteiger partial charge in [-0.1, -0.05) is 54.6 Å². The van der Waals surface area contributed by atoms with Crippen molar-refractivity contribution in [1.29, 1.82) is 0 Å². The molecule has 1 aromatic heterocycles. The molecule has 0 fully saturated rings. The monoisotopic (exact) mass is 459 g/mol. The third-order valence-electron chi connectivity index (χ3n) is 7.57. The Morgan fingerprint density at radius 1 is 1.06 bits per heavy atom. The van der Waals surface area contributed by atoms with Gasteiger partial charge in [-0.3, -0.25) is 14.5 Å². The molecule has 6 heteroatoms. The van der Waals surface area contributed by atoms with Crippen LogP contribution in [0.3, 0.4) is 0 Å². The zero-order valence-corrected chi connectivity index (χ0v) is 20.5. The van der Waals surface area contributed by atoms with Crippen LogP contribution in [0.4, 0.5) is 0 Å². The largest absolute Gasteiger partial charge is 0.394 e. The summed E-state index contributed by atoms with van der Waals surface area (Å²) < 4.78 is 2.04. The van der Waals surface area contributed by atoms with E-state index in [-0.39, 0.29) is 12.6 Å². The van der Waals surface area contributed by atoms with Crippen LogP contribution in [0.15, 0.2) is 54.6 Å². The van der Waals surface area contributed by atoms with Gasteiger partial charge < -0.3 is 10.4 Å². The maximum absolute atomic E-state index is 9.58. The minimum atomic E-state index is 0.122. The lowest BCUT2D eigenvalue weighted by Gasteiger charge is -2.38. The van der Waals surface area contributed by atoms with E-state index in [4.69, 9.17) is 5.10 Å². The second kappa shape index (κ2) is 10.4. The van der Waals surface area contributed by atoms with Crippen molar-refractivity contribution in [2.24, 2.45) is 0 Å². The highest BCUT2D eigenvalue weighted by molar-refractivity contribution is 5.31. The predicted molar refractivity (Wildman–Crippen MR) is 135 cm³/mol. The Balaban J connectivity index is 1.29. The highest BCUT2D eigenvalue weighted by Crippen LogP contribution is 2.27. The van der Waals surface area contributed by atoms with Gasteiger partial charge >= 0.3 is 0 Å². The molecule has 0 saturated carbocycles. The SMILES string of the molecule is CC(NCc1nn(CCO)c2c1CN(CC1Cc3ccccc3CN1C)CC2)c1ccccc1. The van der Waals surface area contributed by atoms with Gasteiger partial charge in [0.25, 0.3) is 0 Å². The lowest BCUT2D eigenvalue weighted by Crippen LogP contribution is -2.47. The summed E-state index contributed by atoms with van der Waals surface area (Å²) in [4.78, 5) is 5.11. The third-order valence-corrected chi connectivity index (χ3v) is 7.57. The molecule has 3 aromatic rings. The Bertz CT molecular complexity index is 1100. The summed E-state index contributed by atoms with van der Waals surface area (Å²) in [6.07, 6.45) is 2.10. The van der Waals surface area contributed by atoms with E-state index in [9.17, 15) is 5.11 Å². The predicted octanol–water partition coefficient (Wildman–Crippen LogP) is 3.14. The molecule has 0 bridgehead atoms. The standard InChI is InChI=1S/C28H37N5O/c1-21(22-8-4-3-5-9-22)29-17-27-26-20-32(13-12-28(26)33(30-27)14-15-34)19-25-16-23-10-6-7-11-24(23)18-31(25)2/h3-11,21,25,29,34H,12-20H2,1-2H3. The number of rotatable bonds is 8. The molecule has 0 saturated heterocycles. The number of aliphatic hydroxyl groups excluding tert-OH is 1.